The number of fused-ring (bicyclic) bond motifs is 1. The molecule has 2 heterocycles. The van der Waals surface area contributed by atoms with Crippen molar-refractivity contribution in [2.45, 2.75) is 12.8 Å². The molecule has 1 amide bonds. The van der Waals surface area contributed by atoms with Gasteiger partial charge in [0.25, 0.3) is 0 Å². The van der Waals surface area contributed by atoms with Gasteiger partial charge >= 0.3 is 0 Å². The molecule has 1 aliphatic rings. The Kier molecular flexibility index (Phi) is 4.82. The number of anilines is 1. The van der Waals surface area contributed by atoms with Gasteiger partial charge in [0.15, 0.2) is 0 Å². The highest BCUT2D eigenvalue weighted by Crippen LogP contribution is 2.25. The molecule has 0 unspecified atom stereocenters. The summed E-state index contributed by atoms with van der Waals surface area (Å²) in [7, 11) is 0. The zero-order chi connectivity index (χ0) is 17.8. The minimum absolute atomic E-state index is 0.254. The molecule has 0 saturated carbocycles. The molecule has 0 N–H and O–H groups in total. The largest absolute Gasteiger partial charge is 0.366 e. The van der Waals surface area contributed by atoms with Crippen LogP contribution in [0.25, 0.3) is 10.9 Å². The number of piperazine rings is 1. The average molecular weight is 345 g/mol. The maximum atomic E-state index is 12.5. The zero-order valence-corrected chi connectivity index (χ0v) is 14.8. The van der Waals surface area contributed by atoms with Crippen LogP contribution >= 0.6 is 0 Å². The SMILES string of the molecule is O=C(CCc1ccccc1)N1CCN(c2cccc3cccnc23)CC1. The van der Waals surface area contributed by atoms with E-state index in [0.29, 0.717) is 6.42 Å². The maximum absolute atomic E-state index is 12.5. The van der Waals surface area contributed by atoms with E-state index in [1.807, 2.05) is 35.4 Å². The van der Waals surface area contributed by atoms with Crippen molar-refractivity contribution in [3.8, 4) is 0 Å². The third-order valence-corrected chi connectivity index (χ3v) is 5.05. The van der Waals surface area contributed by atoms with E-state index in [1.165, 1.54) is 11.3 Å². The lowest BCUT2D eigenvalue weighted by Crippen LogP contribution is -2.49. The number of hydrogen-bond donors (Lipinski definition) is 0. The maximum Gasteiger partial charge on any atom is 0.223 e. The second kappa shape index (κ2) is 7.56. The highest BCUT2D eigenvalue weighted by atomic mass is 16.2. The molecule has 132 valence electrons. The normalized spacial score (nSPS) is 14.6. The predicted molar refractivity (Wildman–Crippen MR) is 105 cm³/mol. The number of amides is 1. The molecule has 0 atom stereocenters. The van der Waals surface area contributed by atoms with Crippen molar-refractivity contribution in [3.63, 3.8) is 0 Å². The molecule has 4 heteroatoms. The third-order valence-electron chi connectivity index (χ3n) is 5.05. The zero-order valence-electron chi connectivity index (χ0n) is 14.8. The summed E-state index contributed by atoms with van der Waals surface area (Å²) in [6.45, 7) is 3.26. The molecule has 0 spiro atoms. The summed E-state index contributed by atoms with van der Waals surface area (Å²) in [6.07, 6.45) is 3.24. The van der Waals surface area contributed by atoms with Gasteiger partial charge in [0.1, 0.15) is 0 Å². The van der Waals surface area contributed by atoms with Gasteiger partial charge in [-0.25, -0.2) is 0 Å². The van der Waals surface area contributed by atoms with Gasteiger partial charge in [-0.05, 0) is 24.1 Å². The lowest BCUT2D eigenvalue weighted by atomic mass is 10.1. The third kappa shape index (κ3) is 3.54. The van der Waals surface area contributed by atoms with Gasteiger partial charge in [0, 0.05) is 44.2 Å². The van der Waals surface area contributed by atoms with E-state index in [-0.39, 0.29) is 5.91 Å². The van der Waals surface area contributed by atoms with E-state index >= 15 is 0 Å². The first-order valence-corrected chi connectivity index (χ1v) is 9.22. The van der Waals surface area contributed by atoms with Gasteiger partial charge in [-0.1, -0.05) is 48.5 Å². The Bertz CT molecular complexity index is 881. The van der Waals surface area contributed by atoms with Gasteiger partial charge in [0.2, 0.25) is 5.91 Å². The highest BCUT2D eigenvalue weighted by Gasteiger charge is 2.22. The van der Waals surface area contributed by atoms with Gasteiger partial charge in [-0.2, -0.15) is 0 Å². The number of hydrogen-bond acceptors (Lipinski definition) is 3. The van der Waals surface area contributed by atoms with Crippen molar-refractivity contribution in [2.24, 2.45) is 0 Å². The fourth-order valence-corrected chi connectivity index (χ4v) is 3.59. The summed E-state index contributed by atoms with van der Waals surface area (Å²) in [6, 6.07) is 20.6. The molecule has 0 bridgehead atoms. The molecule has 1 fully saturated rings. The highest BCUT2D eigenvalue weighted by molar-refractivity contribution is 5.90. The summed E-state index contributed by atoms with van der Waals surface area (Å²) in [5.74, 6) is 0.254. The molecule has 1 saturated heterocycles. The number of nitrogens with zero attached hydrogens (tertiary/aromatic N) is 3. The second-order valence-electron chi connectivity index (χ2n) is 6.71. The molecule has 0 aliphatic carbocycles. The average Bonchev–Trinajstić information content (AvgIpc) is 2.72. The van der Waals surface area contributed by atoms with Gasteiger partial charge in [-0.15, -0.1) is 0 Å². The van der Waals surface area contributed by atoms with Gasteiger partial charge < -0.3 is 9.80 Å². The Labute approximate surface area is 154 Å². The second-order valence-corrected chi connectivity index (χ2v) is 6.71. The van der Waals surface area contributed by atoms with Crippen LogP contribution in [0, 0.1) is 0 Å². The summed E-state index contributed by atoms with van der Waals surface area (Å²) in [5.41, 5.74) is 3.43. The van der Waals surface area contributed by atoms with Crippen LogP contribution in [0.15, 0.2) is 66.9 Å². The standard InChI is InChI=1S/C22H23N3O/c26-21(12-11-18-6-2-1-3-7-18)25-16-14-24(15-17-25)20-10-4-8-19-9-5-13-23-22(19)20/h1-10,13H,11-12,14-17H2. The van der Waals surface area contributed by atoms with E-state index in [4.69, 9.17) is 0 Å². The van der Waals surface area contributed by atoms with E-state index in [2.05, 4.69) is 46.3 Å². The monoisotopic (exact) mass is 345 g/mol. The number of rotatable bonds is 4. The Morgan fingerprint density at radius 2 is 1.65 bits per heavy atom. The van der Waals surface area contributed by atoms with Crippen LogP contribution in [-0.4, -0.2) is 42.0 Å². The Morgan fingerprint density at radius 1 is 0.885 bits per heavy atom. The molecular formula is C22H23N3O. The minimum atomic E-state index is 0.254. The Hall–Kier alpha value is -2.88. The first kappa shape index (κ1) is 16.6. The number of aryl methyl sites for hydroxylation is 1. The number of benzene rings is 2. The van der Waals surface area contributed by atoms with Crippen LogP contribution in [0.3, 0.4) is 0 Å². The Balaban J connectivity index is 1.37. The topological polar surface area (TPSA) is 36.4 Å². The van der Waals surface area contributed by atoms with Crippen LogP contribution in [0.1, 0.15) is 12.0 Å². The molecule has 1 aliphatic heterocycles. The predicted octanol–water partition coefficient (Wildman–Crippen LogP) is 3.52. The lowest BCUT2D eigenvalue weighted by Gasteiger charge is -2.36. The molecular weight excluding hydrogens is 322 g/mol. The van der Waals surface area contributed by atoms with Crippen LogP contribution in [0.4, 0.5) is 5.69 Å². The van der Waals surface area contributed by atoms with Crippen LogP contribution in [-0.2, 0) is 11.2 Å². The molecule has 4 nitrogen and oxygen atoms in total. The van der Waals surface area contributed by atoms with E-state index in [0.717, 1.165) is 43.5 Å². The van der Waals surface area contributed by atoms with E-state index in [9.17, 15) is 4.79 Å². The number of para-hydroxylation sites is 1. The summed E-state index contributed by atoms with van der Waals surface area (Å²) in [5, 5.41) is 1.16. The molecule has 26 heavy (non-hydrogen) atoms. The molecule has 2 aromatic carbocycles. The first-order chi connectivity index (χ1) is 12.8. The first-order valence-electron chi connectivity index (χ1n) is 9.22. The van der Waals surface area contributed by atoms with Crippen molar-refractivity contribution >= 4 is 22.5 Å². The fourth-order valence-electron chi connectivity index (χ4n) is 3.59. The van der Waals surface area contributed by atoms with Crippen LogP contribution < -0.4 is 4.90 Å². The van der Waals surface area contributed by atoms with Gasteiger partial charge in [-0.3, -0.25) is 9.78 Å². The smallest absolute Gasteiger partial charge is 0.223 e. The summed E-state index contributed by atoms with van der Waals surface area (Å²) < 4.78 is 0. The quantitative estimate of drug-likeness (QED) is 0.726. The fraction of sp³-hybridized carbons (Fsp3) is 0.273. The van der Waals surface area contributed by atoms with Crippen LogP contribution in [0.2, 0.25) is 0 Å². The molecule has 0 radical (unpaired) electrons. The summed E-state index contributed by atoms with van der Waals surface area (Å²) in [4.78, 5) is 21.4. The van der Waals surface area contributed by atoms with Crippen molar-refractivity contribution < 1.29 is 4.79 Å². The molecule has 4 rings (SSSR count). The molecule has 3 aromatic rings. The van der Waals surface area contributed by atoms with Crippen molar-refractivity contribution in [1.29, 1.82) is 0 Å². The van der Waals surface area contributed by atoms with E-state index in [1.54, 1.807) is 0 Å². The summed E-state index contributed by atoms with van der Waals surface area (Å²) >= 11 is 0. The molecule has 1 aromatic heterocycles. The van der Waals surface area contributed by atoms with Crippen LogP contribution in [0.5, 0.6) is 0 Å². The number of pyridine rings is 1. The lowest BCUT2D eigenvalue weighted by molar-refractivity contribution is -0.131. The minimum Gasteiger partial charge on any atom is -0.366 e. The van der Waals surface area contributed by atoms with Gasteiger partial charge in [0.05, 0.1) is 11.2 Å². The van der Waals surface area contributed by atoms with Crippen molar-refractivity contribution in [3.05, 3.63) is 72.4 Å². The van der Waals surface area contributed by atoms with E-state index < -0.39 is 0 Å². The number of carbonyl (C=O) groups excluding carboxylic acids is 1. The number of carbonyl (C=O) groups is 1. The van der Waals surface area contributed by atoms with Crippen molar-refractivity contribution in [1.82, 2.24) is 9.88 Å². The Morgan fingerprint density at radius 3 is 2.46 bits per heavy atom. The number of aromatic nitrogens is 1. The van der Waals surface area contributed by atoms with Crippen molar-refractivity contribution in [2.75, 3.05) is 31.1 Å².